The van der Waals surface area contributed by atoms with Crippen LogP contribution in [0.2, 0.25) is 0 Å². The molecule has 1 aromatic rings. The predicted octanol–water partition coefficient (Wildman–Crippen LogP) is 1.05. The van der Waals surface area contributed by atoms with Crippen LogP contribution in [0.3, 0.4) is 0 Å². The number of hydrogen-bond acceptors (Lipinski definition) is 4. The normalized spacial score (nSPS) is 9.50. The van der Waals surface area contributed by atoms with Crippen molar-refractivity contribution in [3.8, 4) is 5.88 Å². The Morgan fingerprint density at radius 2 is 2.50 bits per heavy atom. The van der Waals surface area contributed by atoms with Gasteiger partial charge in [0.25, 0.3) is 0 Å². The molecule has 0 N–H and O–H groups in total. The number of ether oxygens (including phenoxy) is 2. The Morgan fingerprint density at radius 1 is 1.75 bits per heavy atom. The molecule has 0 unspecified atom stereocenters. The van der Waals surface area contributed by atoms with Crippen molar-refractivity contribution in [3.05, 3.63) is 12.5 Å². The van der Waals surface area contributed by atoms with Crippen LogP contribution in [0.4, 0.5) is 4.79 Å². The Morgan fingerprint density at radius 3 is 3.08 bits per heavy atom. The monoisotopic (exact) mass is 170 g/mol. The molecule has 66 valence electrons. The second-order valence-corrected chi connectivity index (χ2v) is 2.07. The number of aryl methyl sites for hydroxylation is 1. The van der Waals surface area contributed by atoms with E-state index in [4.69, 9.17) is 4.74 Å². The zero-order valence-corrected chi connectivity index (χ0v) is 6.98. The summed E-state index contributed by atoms with van der Waals surface area (Å²) in [4.78, 5) is 14.5. The van der Waals surface area contributed by atoms with Crippen molar-refractivity contribution in [1.29, 1.82) is 0 Å². The van der Waals surface area contributed by atoms with Crippen molar-refractivity contribution < 1.29 is 14.3 Å². The number of aromatic nitrogens is 2. The number of nitrogens with zero attached hydrogens (tertiary/aromatic N) is 2. The lowest BCUT2D eigenvalue weighted by molar-refractivity contribution is 0.118. The highest BCUT2D eigenvalue weighted by atomic mass is 16.7. The number of methoxy groups -OCH3 is 1. The van der Waals surface area contributed by atoms with Crippen molar-refractivity contribution >= 4 is 6.16 Å². The third kappa shape index (κ3) is 1.75. The molecule has 1 rings (SSSR count). The summed E-state index contributed by atoms with van der Waals surface area (Å²) in [7, 11) is 1.26. The zero-order chi connectivity index (χ0) is 8.97. The largest absolute Gasteiger partial charge is 0.514 e. The van der Waals surface area contributed by atoms with Gasteiger partial charge in [0.1, 0.15) is 0 Å². The van der Waals surface area contributed by atoms with E-state index in [1.807, 2.05) is 6.92 Å². The molecule has 0 saturated carbocycles. The fourth-order valence-electron chi connectivity index (χ4n) is 0.758. The number of imidazole rings is 1. The molecule has 0 aliphatic carbocycles. The maximum absolute atomic E-state index is 10.7. The smallest absolute Gasteiger partial charge is 0.437 e. The maximum atomic E-state index is 10.7. The van der Waals surface area contributed by atoms with Crippen LogP contribution in [0.5, 0.6) is 5.88 Å². The average molecular weight is 170 g/mol. The summed E-state index contributed by atoms with van der Waals surface area (Å²) in [6, 6.07) is 0. The van der Waals surface area contributed by atoms with E-state index in [1.54, 1.807) is 10.9 Å². The quantitative estimate of drug-likeness (QED) is 0.622. The summed E-state index contributed by atoms with van der Waals surface area (Å²) in [5, 5.41) is 0. The summed E-state index contributed by atoms with van der Waals surface area (Å²) >= 11 is 0. The van der Waals surface area contributed by atoms with Crippen LogP contribution in [0.25, 0.3) is 0 Å². The van der Waals surface area contributed by atoms with Gasteiger partial charge >= 0.3 is 6.16 Å². The summed E-state index contributed by atoms with van der Waals surface area (Å²) in [6.07, 6.45) is 2.31. The van der Waals surface area contributed by atoms with Crippen LogP contribution in [-0.4, -0.2) is 22.8 Å². The van der Waals surface area contributed by atoms with Crippen molar-refractivity contribution in [2.45, 2.75) is 13.5 Å². The molecule has 0 radical (unpaired) electrons. The summed E-state index contributed by atoms with van der Waals surface area (Å²) < 4.78 is 10.8. The van der Waals surface area contributed by atoms with Gasteiger partial charge < -0.3 is 14.0 Å². The molecule has 0 aliphatic heterocycles. The van der Waals surface area contributed by atoms with E-state index >= 15 is 0 Å². The summed E-state index contributed by atoms with van der Waals surface area (Å²) in [6.45, 7) is 2.62. The molecule has 0 aliphatic rings. The topological polar surface area (TPSA) is 53.4 Å². The Balaban J connectivity index is 2.68. The van der Waals surface area contributed by atoms with E-state index in [-0.39, 0.29) is 0 Å². The summed E-state index contributed by atoms with van der Waals surface area (Å²) in [5.74, 6) is 0.393. The fraction of sp³-hybridized carbons (Fsp3) is 0.429. The van der Waals surface area contributed by atoms with Gasteiger partial charge in [-0.1, -0.05) is 0 Å². The minimum Gasteiger partial charge on any atom is -0.437 e. The van der Waals surface area contributed by atoms with E-state index in [1.165, 1.54) is 13.3 Å². The molecular formula is C7H10N2O3. The molecule has 0 fully saturated rings. The standard InChI is InChI=1S/C7H10N2O3/c1-3-9-5-8-4-6(9)12-7(10)11-2/h4-5H,3H2,1-2H3. The molecule has 5 nitrogen and oxygen atoms in total. The van der Waals surface area contributed by atoms with Crippen molar-refractivity contribution in [3.63, 3.8) is 0 Å². The van der Waals surface area contributed by atoms with Crippen molar-refractivity contribution in [2.75, 3.05) is 7.11 Å². The average Bonchev–Trinajstić information content (AvgIpc) is 2.51. The first-order valence-corrected chi connectivity index (χ1v) is 3.53. The first kappa shape index (κ1) is 8.58. The van der Waals surface area contributed by atoms with Crippen molar-refractivity contribution in [1.82, 2.24) is 9.55 Å². The minimum absolute atomic E-state index is 0.393. The van der Waals surface area contributed by atoms with Crippen LogP contribution in [0.15, 0.2) is 12.5 Å². The van der Waals surface area contributed by atoms with Crippen molar-refractivity contribution in [2.24, 2.45) is 0 Å². The maximum Gasteiger partial charge on any atom is 0.514 e. The molecule has 0 spiro atoms. The van der Waals surface area contributed by atoms with Crippen LogP contribution >= 0.6 is 0 Å². The Labute approximate surface area is 69.9 Å². The van der Waals surface area contributed by atoms with Gasteiger partial charge in [-0.15, -0.1) is 0 Å². The molecule has 5 heteroatoms. The number of carbonyl (C=O) groups excluding carboxylic acids is 1. The van der Waals surface area contributed by atoms with Crippen LogP contribution in [0, 0.1) is 0 Å². The Kier molecular flexibility index (Phi) is 2.68. The molecule has 0 bridgehead atoms. The lowest BCUT2D eigenvalue weighted by Gasteiger charge is -2.03. The van der Waals surface area contributed by atoms with E-state index in [9.17, 15) is 4.79 Å². The Hall–Kier alpha value is -1.52. The molecule has 12 heavy (non-hydrogen) atoms. The second kappa shape index (κ2) is 3.75. The fourth-order valence-corrected chi connectivity index (χ4v) is 0.758. The van der Waals surface area contributed by atoms with Gasteiger partial charge in [-0.3, -0.25) is 0 Å². The lowest BCUT2D eigenvalue weighted by Crippen LogP contribution is -2.10. The SMILES string of the molecule is CCn1cncc1OC(=O)OC. The molecule has 1 aromatic heterocycles. The number of carbonyl (C=O) groups is 1. The van der Waals surface area contributed by atoms with Gasteiger partial charge in [-0.25, -0.2) is 9.78 Å². The highest BCUT2D eigenvalue weighted by molar-refractivity contribution is 5.62. The van der Waals surface area contributed by atoms with Gasteiger partial charge in [0.15, 0.2) is 0 Å². The van der Waals surface area contributed by atoms with Gasteiger partial charge in [0, 0.05) is 6.54 Å². The second-order valence-electron chi connectivity index (χ2n) is 2.07. The van der Waals surface area contributed by atoms with Crippen LogP contribution < -0.4 is 4.74 Å². The number of hydrogen-bond donors (Lipinski definition) is 0. The molecule has 0 saturated heterocycles. The molecule has 1 heterocycles. The first-order valence-electron chi connectivity index (χ1n) is 3.53. The van der Waals surface area contributed by atoms with Gasteiger partial charge in [0.05, 0.1) is 19.6 Å². The first-order chi connectivity index (χ1) is 5.77. The molecule has 0 atom stereocenters. The van der Waals surface area contributed by atoms with Gasteiger partial charge in [0.2, 0.25) is 5.88 Å². The third-order valence-electron chi connectivity index (χ3n) is 1.37. The van der Waals surface area contributed by atoms with Gasteiger partial charge in [-0.2, -0.15) is 0 Å². The lowest BCUT2D eigenvalue weighted by atomic mass is 10.7. The predicted molar refractivity (Wildman–Crippen MR) is 40.9 cm³/mol. The van der Waals surface area contributed by atoms with Gasteiger partial charge in [-0.05, 0) is 6.92 Å². The summed E-state index contributed by atoms with van der Waals surface area (Å²) in [5.41, 5.74) is 0. The van der Waals surface area contributed by atoms with Crippen LogP contribution in [-0.2, 0) is 11.3 Å². The number of rotatable bonds is 2. The van der Waals surface area contributed by atoms with E-state index < -0.39 is 6.16 Å². The highest BCUT2D eigenvalue weighted by Gasteiger charge is 2.07. The van der Waals surface area contributed by atoms with Crippen LogP contribution in [0.1, 0.15) is 6.92 Å². The zero-order valence-electron chi connectivity index (χ0n) is 6.98. The third-order valence-corrected chi connectivity index (χ3v) is 1.37. The van der Waals surface area contributed by atoms with E-state index in [0.717, 1.165) is 0 Å². The minimum atomic E-state index is -0.731. The molecular weight excluding hydrogens is 160 g/mol. The Bertz CT molecular complexity index is 269. The molecule has 0 aromatic carbocycles. The van der Waals surface area contributed by atoms with E-state index in [2.05, 4.69) is 9.72 Å². The molecule has 0 amide bonds. The van der Waals surface area contributed by atoms with E-state index in [0.29, 0.717) is 12.4 Å². The highest BCUT2D eigenvalue weighted by Crippen LogP contribution is 2.09.